The Balaban J connectivity index is 2.08. The number of benzene rings is 1. The van der Waals surface area contributed by atoms with Crippen molar-refractivity contribution in [2.45, 2.75) is 25.9 Å². The van der Waals surface area contributed by atoms with Crippen molar-refractivity contribution >= 4 is 11.6 Å². The van der Waals surface area contributed by atoms with E-state index in [1.54, 1.807) is 18.7 Å². The van der Waals surface area contributed by atoms with Crippen LogP contribution < -0.4 is 0 Å². The summed E-state index contributed by atoms with van der Waals surface area (Å²) in [6.07, 6.45) is -0.223. The van der Waals surface area contributed by atoms with Gasteiger partial charge >= 0.3 is 0 Å². The third-order valence-corrected chi connectivity index (χ3v) is 3.64. The second-order valence-corrected chi connectivity index (χ2v) is 5.16. The Kier molecular flexibility index (Phi) is 4.40. The minimum Gasteiger partial charge on any atom is -0.392 e. The van der Waals surface area contributed by atoms with Gasteiger partial charge in [-0.1, -0.05) is 17.7 Å². The highest BCUT2D eigenvalue weighted by molar-refractivity contribution is 6.31. The summed E-state index contributed by atoms with van der Waals surface area (Å²) in [6.45, 7) is 1.79. The van der Waals surface area contributed by atoms with E-state index in [1.165, 1.54) is 6.07 Å². The zero-order valence-electron chi connectivity index (χ0n) is 11.2. The maximum atomic E-state index is 13.1. The number of halogens is 3. The molecule has 0 aliphatic rings. The van der Waals surface area contributed by atoms with Gasteiger partial charge in [-0.05, 0) is 31.0 Å². The van der Waals surface area contributed by atoms with Gasteiger partial charge in [0.1, 0.15) is 0 Å². The number of aliphatic hydroxyl groups excluding tert-OH is 1. The molecule has 0 spiro atoms. The Morgan fingerprint density at radius 2 is 2.00 bits per heavy atom. The lowest BCUT2D eigenvalue weighted by Gasteiger charge is -2.11. The Morgan fingerprint density at radius 1 is 1.30 bits per heavy atom. The summed E-state index contributed by atoms with van der Waals surface area (Å²) < 4.78 is 27.5. The molecule has 1 unspecified atom stereocenters. The topological polar surface area (TPSA) is 38.0 Å². The lowest BCUT2D eigenvalue weighted by atomic mass is 10.0. The molecule has 0 aliphatic carbocycles. The average molecular weight is 301 g/mol. The molecule has 0 bridgehead atoms. The number of hydrogen-bond donors (Lipinski definition) is 1. The Labute approximate surface area is 120 Å². The molecular weight excluding hydrogens is 286 g/mol. The largest absolute Gasteiger partial charge is 0.392 e. The van der Waals surface area contributed by atoms with Crippen LogP contribution in [0.5, 0.6) is 0 Å². The van der Waals surface area contributed by atoms with Crippen LogP contribution in [0.2, 0.25) is 5.02 Å². The molecule has 20 heavy (non-hydrogen) atoms. The zero-order chi connectivity index (χ0) is 14.9. The number of aryl methyl sites for hydroxylation is 2. The summed E-state index contributed by atoms with van der Waals surface area (Å²) in [5, 5.41) is 14.7. The van der Waals surface area contributed by atoms with E-state index in [1.807, 2.05) is 0 Å². The normalized spacial score (nSPS) is 12.7. The quantitative estimate of drug-likeness (QED) is 0.943. The van der Waals surface area contributed by atoms with Gasteiger partial charge in [0.25, 0.3) is 0 Å². The monoisotopic (exact) mass is 300 g/mol. The van der Waals surface area contributed by atoms with E-state index in [0.29, 0.717) is 22.7 Å². The van der Waals surface area contributed by atoms with Crippen molar-refractivity contribution in [3.05, 3.63) is 51.8 Å². The molecule has 1 aromatic carbocycles. The molecule has 2 aromatic rings. The molecule has 0 radical (unpaired) electrons. The van der Waals surface area contributed by atoms with E-state index < -0.39 is 17.7 Å². The highest BCUT2D eigenvalue weighted by atomic mass is 35.5. The number of rotatable bonds is 4. The van der Waals surface area contributed by atoms with Gasteiger partial charge in [0.05, 0.1) is 22.5 Å². The van der Waals surface area contributed by atoms with Crippen molar-refractivity contribution < 1.29 is 13.9 Å². The van der Waals surface area contributed by atoms with Crippen LogP contribution in [0.1, 0.15) is 17.0 Å². The fourth-order valence-corrected chi connectivity index (χ4v) is 2.37. The number of nitrogens with zero attached hydrogens (tertiary/aromatic N) is 2. The SMILES string of the molecule is Cc1nn(C)c(CC(O)Cc2ccc(F)c(F)c2)c1Cl. The van der Waals surface area contributed by atoms with Crippen molar-refractivity contribution in [1.29, 1.82) is 0 Å². The molecule has 0 amide bonds. The number of aliphatic hydroxyl groups is 1. The standard InChI is InChI=1S/C14H15ClF2N2O/c1-8-14(15)13(19(2)18-8)7-10(20)5-9-3-4-11(16)12(17)6-9/h3-4,6,10,20H,5,7H2,1-2H3. The van der Waals surface area contributed by atoms with Gasteiger partial charge in [-0.15, -0.1) is 0 Å². The summed E-state index contributed by atoms with van der Waals surface area (Å²) in [6, 6.07) is 3.60. The van der Waals surface area contributed by atoms with Gasteiger partial charge in [-0.2, -0.15) is 5.10 Å². The first-order valence-corrected chi connectivity index (χ1v) is 6.56. The van der Waals surface area contributed by atoms with Crippen molar-refractivity contribution in [1.82, 2.24) is 9.78 Å². The van der Waals surface area contributed by atoms with Gasteiger partial charge in [-0.3, -0.25) is 4.68 Å². The van der Waals surface area contributed by atoms with Crippen molar-refractivity contribution in [2.75, 3.05) is 0 Å². The van der Waals surface area contributed by atoms with Gasteiger partial charge in [0.15, 0.2) is 11.6 Å². The first kappa shape index (κ1) is 14.9. The van der Waals surface area contributed by atoms with Gasteiger partial charge in [0.2, 0.25) is 0 Å². The van der Waals surface area contributed by atoms with Crippen LogP contribution in [0.25, 0.3) is 0 Å². The third-order valence-electron chi connectivity index (χ3n) is 3.15. The minimum absolute atomic E-state index is 0.220. The number of hydrogen-bond acceptors (Lipinski definition) is 2. The molecular formula is C14H15ClF2N2O. The summed E-state index contributed by atoms with van der Waals surface area (Å²) >= 11 is 6.10. The number of aromatic nitrogens is 2. The van der Waals surface area contributed by atoms with Crippen molar-refractivity contribution in [3.8, 4) is 0 Å². The zero-order valence-corrected chi connectivity index (χ0v) is 12.0. The van der Waals surface area contributed by atoms with Crippen LogP contribution >= 0.6 is 11.6 Å². The van der Waals surface area contributed by atoms with Crippen LogP contribution in [-0.4, -0.2) is 21.0 Å². The minimum atomic E-state index is -0.913. The van der Waals surface area contributed by atoms with E-state index in [4.69, 9.17) is 11.6 Å². The predicted molar refractivity (Wildman–Crippen MR) is 72.7 cm³/mol. The van der Waals surface area contributed by atoms with Crippen LogP contribution in [-0.2, 0) is 19.9 Å². The molecule has 0 saturated carbocycles. The molecule has 6 heteroatoms. The van der Waals surface area contributed by atoms with E-state index >= 15 is 0 Å². The van der Waals surface area contributed by atoms with Crippen LogP contribution in [0.4, 0.5) is 8.78 Å². The van der Waals surface area contributed by atoms with E-state index in [-0.39, 0.29) is 6.42 Å². The molecule has 3 nitrogen and oxygen atoms in total. The van der Waals surface area contributed by atoms with Crippen molar-refractivity contribution in [3.63, 3.8) is 0 Å². The van der Waals surface area contributed by atoms with Crippen LogP contribution in [0.15, 0.2) is 18.2 Å². The van der Waals surface area contributed by atoms with E-state index in [0.717, 1.165) is 17.8 Å². The average Bonchev–Trinajstić information content (AvgIpc) is 2.61. The fourth-order valence-electron chi connectivity index (χ4n) is 2.14. The molecule has 1 heterocycles. The molecule has 0 aliphatic heterocycles. The second kappa shape index (κ2) is 5.89. The van der Waals surface area contributed by atoms with Crippen LogP contribution in [0.3, 0.4) is 0 Å². The molecule has 108 valence electrons. The van der Waals surface area contributed by atoms with Gasteiger partial charge in [0, 0.05) is 13.5 Å². The van der Waals surface area contributed by atoms with Crippen LogP contribution in [0, 0.1) is 18.6 Å². The highest BCUT2D eigenvalue weighted by Gasteiger charge is 2.16. The summed E-state index contributed by atoms with van der Waals surface area (Å²) in [4.78, 5) is 0. The van der Waals surface area contributed by atoms with E-state index in [2.05, 4.69) is 5.10 Å². The lowest BCUT2D eigenvalue weighted by Crippen LogP contribution is -2.16. The van der Waals surface area contributed by atoms with E-state index in [9.17, 15) is 13.9 Å². The maximum absolute atomic E-state index is 13.1. The molecule has 0 saturated heterocycles. The maximum Gasteiger partial charge on any atom is 0.159 e. The first-order valence-electron chi connectivity index (χ1n) is 6.18. The Hall–Kier alpha value is -1.46. The molecule has 0 fully saturated rings. The summed E-state index contributed by atoms with van der Waals surface area (Å²) in [5.74, 6) is -1.81. The Bertz CT molecular complexity index is 628. The summed E-state index contributed by atoms with van der Waals surface area (Å²) in [5.41, 5.74) is 1.95. The fraction of sp³-hybridized carbons (Fsp3) is 0.357. The highest BCUT2D eigenvalue weighted by Crippen LogP contribution is 2.21. The molecule has 1 aromatic heterocycles. The van der Waals surface area contributed by atoms with Gasteiger partial charge in [-0.25, -0.2) is 8.78 Å². The second-order valence-electron chi connectivity index (χ2n) is 4.78. The smallest absolute Gasteiger partial charge is 0.159 e. The predicted octanol–water partition coefficient (Wildman–Crippen LogP) is 2.81. The van der Waals surface area contributed by atoms with Gasteiger partial charge < -0.3 is 5.11 Å². The molecule has 2 rings (SSSR count). The summed E-state index contributed by atoms with van der Waals surface area (Å²) in [7, 11) is 1.75. The Morgan fingerprint density at radius 3 is 2.55 bits per heavy atom. The third kappa shape index (κ3) is 3.16. The molecule has 1 N–H and O–H groups in total. The first-order chi connectivity index (χ1) is 9.38. The lowest BCUT2D eigenvalue weighted by molar-refractivity contribution is 0.172. The molecule has 1 atom stereocenters. The van der Waals surface area contributed by atoms with Crippen molar-refractivity contribution in [2.24, 2.45) is 7.05 Å².